The van der Waals surface area contributed by atoms with Crippen molar-refractivity contribution < 1.29 is 14.3 Å². The summed E-state index contributed by atoms with van der Waals surface area (Å²) in [5.41, 5.74) is 3.32. The zero-order valence-corrected chi connectivity index (χ0v) is 21.9. The van der Waals surface area contributed by atoms with Crippen molar-refractivity contribution in [2.75, 3.05) is 32.6 Å². The molecule has 182 valence electrons. The molecule has 34 heavy (non-hydrogen) atoms. The number of anilines is 1. The molecule has 0 aliphatic carbocycles. The number of aliphatic imine (C=N–C) groups is 2. The molecule has 0 radical (unpaired) electrons. The van der Waals surface area contributed by atoms with Gasteiger partial charge in [-0.3, -0.25) is 9.79 Å². The van der Waals surface area contributed by atoms with Crippen molar-refractivity contribution in [3.05, 3.63) is 70.5 Å². The molecule has 0 aromatic heterocycles. The number of hydrogen-bond donors (Lipinski definition) is 2. The van der Waals surface area contributed by atoms with Crippen LogP contribution in [0.3, 0.4) is 0 Å². The van der Waals surface area contributed by atoms with Crippen LogP contribution in [0.15, 0.2) is 74.9 Å². The number of nitrogens with one attached hydrogen (secondary N) is 2. The number of Topliss-reactive ketones (excluding diaryl/α,β-unsaturated/α-hetero) is 1. The predicted molar refractivity (Wildman–Crippen MR) is 144 cm³/mol. The molecule has 1 aliphatic rings. The van der Waals surface area contributed by atoms with Crippen molar-refractivity contribution in [1.82, 2.24) is 5.32 Å². The van der Waals surface area contributed by atoms with Crippen LogP contribution in [0.4, 0.5) is 5.69 Å². The third-order valence-corrected chi connectivity index (χ3v) is 5.60. The summed E-state index contributed by atoms with van der Waals surface area (Å²) in [5, 5.41) is 6.47. The van der Waals surface area contributed by atoms with Gasteiger partial charge in [0.1, 0.15) is 5.84 Å². The average molecular weight is 529 g/mol. The number of ketones is 1. The highest BCUT2D eigenvalue weighted by Crippen LogP contribution is 2.35. The number of benzene rings is 1. The monoisotopic (exact) mass is 528 g/mol. The lowest BCUT2D eigenvalue weighted by molar-refractivity contribution is -0.113. The van der Waals surface area contributed by atoms with Crippen LogP contribution in [0.5, 0.6) is 5.75 Å². The fourth-order valence-corrected chi connectivity index (χ4v) is 3.95. The van der Waals surface area contributed by atoms with Gasteiger partial charge in [-0.2, -0.15) is 0 Å². The van der Waals surface area contributed by atoms with E-state index in [0.717, 1.165) is 22.2 Å². The number of methoxy groups -OCH3 is 1. The standard InChI is InChI=1S/C26H33BrN4O3/c1-7-9-17(3)15-34-16-19-10-22(27)26(33-6)24(11-19)31-25-12-20(28-5)13-29-14-21(18(4)32)23(8-2)30-25/h7-8,10-12,14,17,28H,1-2,9,13,15-16H2,3-6H3,(H,30,31)/b20-12+,23-21-,29-14?/t17-/m0/s1. The van der Waals surface area contributed by atoms with Crippen LogP contribution in [0.1, 0.15) is 25.8 Å². The zero-order valence-electron chi connectivity index (χ0n) is 20.3. The van der Waals surface area contributed by atoms with Gasteiger partial charge in [0.05, 0.1) is 41.7 Å². The van der Waals surface area contributed by atoms with Gasteiger partial charge >= 0.3 is 0 Å². The quantitative estimate of drug-likeness (QED) is 0.385. The molecule has 0 unspecified atom stereocenters. The number of nitrogens with zero attached hydrogens (tertiary/aromatic N) is 2. The Kier molecular flexibility index (Phi) is 11.0. The molecule has 0 amide bonds. The van der Waals surface area contributed by atoms with Crippen LogP contribution in [-0.2, 0) is 16.1 Å². The van der Waals surface area contributed by atoms with Crippen molar-refractivity contribution in [3.8, 4) is 5.75 Å². The minimum absolute atomic E-state index is 0.139. The fourth-order valence-electron chi connectivity index (χ4n) is 3.28. The van der Waals surface area contributed by atoms with Gasteiger partial charge in [0, 0.05) is 31.6 Å². The first-order chi connectivity index (χ1) is 16.3. The largest absolute Gasteiger partial charge is 0.493 e. The Labute approximate surface area is 210 Å². The van der Waals surface area contributed by atoms with E-state index in [1.807, 2.05) is 31.3 Å². The molecule has 0 saturated carbocycles. The Morgan fingerprint density at radius 1 is 1.35 bits per heavy atom. The molecule has 0 bridgehead atoms. The van der Waals surface area contributed by atoms with Crippen molar-refractivity contribution in [2.24, 2.45) is 15.9 Å². The summed E-state index contributed by atoms with van der Waals surface area (Å²) in [6.07, 6.45) is 7.74. The Hall–Kier alpha value is -2.97. The molecule has 2 rings (SSSR count). The van der Waals surface area contributed by atoms with Crippen molar-refractivity contribution >= 4 is 39.5 Å². The molecule has 1 aromatic rings. The van der Waals surface area contributed by atoms with Crippen LogP contribution < -0.4 is 15.4 Å². The number of halogens is 1. The maximum atomic E-state index is 12.2. The molecule has 2 N–H and O–H groups in total. The third-order valence-electron chi connectivity index (χ3n) is 5.01. The van der Waals surface area contributed by atoms with Gasteiger partial charge in [-0.25, -0.2) is 4.99 Å². The van der Waals surface area contributed by atoms with Gasteiger partial charge < -0.3 is 20.1 Å². The summed E-state index contributed by atoms with van der Waals surface area (Å²) in [5.74, 6) is 1.39. The summed E-state index contributed by atoms with van der Waals surface area (Å²) in [7, 11) is 3.42. The van der Waals surface area contributed by atoms with Gasteiger partial charge in [-0.1, -0.05) is 19.6 Å². The Bertz CT molecular complexity index is 1040. The molecule has 1 aliphatic heterocycles. The normalized spacial score (nSPS) is 19.9. The molecule has 0 spiro atoms. The van der Waals surface area contributed by atoms with E-state index in [-0.39, 0.29) is 5.78 Å². The van der Waals surface area contributed by atoms with Crippen molar-refractivity contribution in [2.45, 2.75) is 26.9 Å². The Morgan fingerprint density at radius 3 is 2.74 bits per heavy atom. The lowest BCUT2D eigenvalue weighted by Crippen LogP contribution is -2.16. The van der Waals surface area contributed by atoms with Crippen LogP contribution in [0.2, 0.25) is 0 Å². The van der Waals surface area contributed by atoms with E-state index >= 15 is 0 Å². The Morgan fingerprint density at radius 2 is 2.12 bits per heavy atom. The van der Waals surface area contributed by atoms with E-state index in [9.17, 15) is 4.79 Å². The highest BCUT2D eigenvalue weighted by Gasteiger charge is 2.15. The molecule has 0 saturated heterocycles. The summed E-state index contributed by atoms with van der Waals surface area (Å²) in [4.78, 5) is 21.2. The Balaban J connectivity index is 2.44. The highest BCUT2D eigenvalue weighted by molar-refractivity contribution is 9.10. The predicted octanol–water partition coefficient (Wildman–Crippen LogP) is 5.21. The number of carbonyl (C=O) groups is 1. The molecule has 1 aromatic carbocycles. The van der Waals surface area contributed by atoms with E-state index in [1.165, 1.54) is 6.92 Å². The van der Waals surface area contributed by atoms with E-state index in [0.29, 0.717) is 54.2 Å². The SMILES string of the molecule is C=CC[C@H](C)COCc1cc(Br)c(OC)c(NC2=N/C(C=C)=C(\C(C)=O)C=NC/C(NC)=C\2)c1. The van der Waals surface area contributed by atoms with E-state index in [1.54, 1.807) is 19.4 Å². The van der Waals surface area contributed by atoms with E-state index < -0.39 is 0 Å². The lowest BCUT2D eigenvalue weighted by atomic mass is 10.1. The number of carbonyl (C=O) groups excluding carboxylic acids is 1. The van der Waals surface area contributed by atoms with Crippen LogP contribution in [-0.4, -0.2) is 45.1 Å². The zero-order chi connectivity index (χ0) is 25.1. The molecular weight excluding hydrogens is 496 g/mol. The second kappa shape index (κ2) is 13.7. The first-order valence-electron chi connectivity index (χ1n) is 11.0. The molecule has 8 heteroatoms. The number of hydrogen-bond acceptors (Lipinski definition) is 7. The number of ether oxygens (including phenoxy) is 2. The van der Waals surface area contributed by atoms with Gasteiger partial charge in [0.15, 0.2) is 11.5 Å². The summed E-state index contributed by atoms with van der Waals surface area (Å²) < 4.78 is 12.3. The van der Waals surface area contributed by atoms with Gasteiger partial charge in [0.2, 0.25) is 0 Å². The minimum atomic E-state index is -0.139. The number of rotatable bonds is 11. The number of allylic oxidation sites excluding steroid dienone is 3. The van der Waals surface area contributed by atoms with Crippen LogP contribution in [0.25, 0.3) is 0 Å². The van der Waals surface area contributed by atoms with Crippen molar-refractivity contribution in [3.63, 3.8) is 0 Å². The first-order valence-corrected chi connectivity index (χ1v) is 11.8. The minimum Gasteiger partial charge on any atom is -0.493 e. The molecular formula is C26H33BrN4O3. The summed E-state index contributed by atoms with van der Waals surface area (Å²) in [6.45, 7) is 12.7. The maximum Gasteiger partial charge on any atom is 0.163 e. The van der Waals surface area contributed by atoms with Gasteiger partial charge in [-0.15, -0.1) is 6.58 Å². The van der Waals surface area contributed by atoms with E-state index in [2.05, 4.69) is 56.6 Å². The summed E-state index contributed by atoms with van der Waals surface area (Å²) in [6, 6.07) is 3.93. The molecule has 7 nitrogen and oxygen atoms in total. The molecule has 0 fully saturated rings. The van der Waals surface area contributed by atoms with Gasteiger partial charge in [-0.05, 0) is 59.0 Å². The van der Waals surface area contributed by atoms with Crippen LogP contribution in [0, 0.1) is 5.92 Å². The van der Waals surface area contributed by atoms with Crippen LogP contribution >= 0.6 is 15.9 Å². The maximum absolute atomic E-state index is 12.2. The number of amidine groups is 1. The molecule has 1 heterocycles. The lowest BCUT2D eigenvalue weighted by Gasteiger charge is -2.16. The number of likely N-dealkylation sites (N-methyl/N-ethyl adjacent to an activating group) is 1. The average Bonchev–Trinajstić information content (AvgIpc) is 2.87. The second-order valence-corrected chi connectivity index (χ2v) is 8.73. The van der Waals surface area contributed by atoms with E-state index in [4.69, 9.17) is 9.47 Å². The fraction of sp³-hybridized carbons (Fsp3) is 0.346. The summed E-state index contributed by atoms with van der Waals surface area (Å²) >= 11 is 3.60. The first kappa shape index (κ1) is 27.3. The van der Waals surface area contributed by atoms with Crippen molar-refractivity contribution in [1.29, 1.82) is 0 Å². The second-order valence-electron chi connectivity index (χ2n) is 7.87. The highest BCUT2D eigenvalue weighted by atomic mass is 79.9. The van der Waals surface area contributed by atoms with Gasteiger partial charge in [0.25, 0.3) is 0 Å². The smallest absolute Gasteiger partial charge is 0.163 e. The topological polar surface area (TPSA) is 84.3 Å². The third kappa shape index (κ3) is 7.81. The molecule has 1 atom stereocenters.